The maximum Gasteiger partial charge on any atom is 6.00 e. The van der Waals surface area contributed by atoms with Gasteiger partial charge in [0.1, 0.15) is 12.3 Å². The molecule has 3 nitrogen and oxygen atoms in total. The molecule has 1 heterocycles. The van der Waals surface area contributed by atoms with Crippen LogP contribution in [0, 0.1) is 10.9 Å². The van der Waals surface area contributed by atoms with Gasteiger partial charge in [-0.3, -0.25) is 4.98 Å². The van der Waals surface area contributed by atoms with Gasteiger partial charge in [0.25, 0.3) is 0 Å². The first-order chi connectivity index (χ1) is 24.2. The molecule has 248 valence electrons. The van der Waals surface area contributed by atoms with E-state index >= 15 is 0 Å². The fourth-order valence-electron chi connectivity index (χ4n) is 5.31. The van der Waals surface area contributed by atoms with Crippen molar-refractivity contribution in [1.82, 2.24) is 4.98 Å². The van der Waals surface area contributed by atoms with E-state index in [0.717, 1.165) is 5.56 Å². The molecule has 0 N–H and O–H groups in total. The quantitative estimate of drug-likeness (QED) is 0.0599. The van der Waals surface area contributed by atoms with Crippen molar-refractivity contribution >= 4 is 49.3 Å². The van der Waals surface area contributed by atoms with Gasteiger partial charge in [-0.25, -0.2) is 12.1 Å². The van der Waals surface area contributed by atoms with Crippen LogP contribution < -0.4 is 26.0 Å². The van der Waals surface area contributed by atoms with E-state index in [1.807, 2.05) is 67.6 Å². The van der Waals surface area contributed by atoms with Crippen LogP contribution in [0.15, 0.2) is 186 Å². The van der Waals surface area contributed by atoms with Crippen LogP contribution in [0.3, 0.4) is 0 Å². The minimum Gasteiger partial charge on any atom is -0.508 e. The second-order valence-electron chi connectivity index (χ2n) is 10.9. The minimum absolute atomic E-state index is 0. The monoisotopic (exact) mass is 799 g/mol. The van der Waals surface area contributed by atoms with Gasteiger partial charge in [0.2, 0.25) is 0 Å². The predicted octanol–water partition coefficient (Wildman–Crippen LogP) is 9.39. The molecule has 50 heavy (non-hydrogen) atoms. The number of ether oxygens (including phenoxy) is 1. The average Bonchev–Trinajstić information content (AvgIpc) is 3.77. The Morgan fingerprint density at radius 1 is 0.600 bits per heavy atom. The SMILES string of the molecule is CCOc1nc(=S)c(-c2ccccc2)[c-]o1.[Ru+6].c1cc[cH-]c1.c1ccc([PH+](CC[PH+](c2ccccc2)c2ccccc2)c2ccccc2)cc1. The van der Waals surface area contributed by atoms with Crippen molar-refractivity contribution < 1.29 is 28.6 Å². The molecular weight excluding hydrogens is 758 g/mol. The Morgan fingerprint density at radius 3 is 1.30 bits per heavy atom. The van der Waals surface area contributed by atoms with Gasteiger partial charge in [-0.1, -0.05) is 114 Å². The van der Waals surface area contributed by atoms with Crippen molar-refractivity contribution in [3.8, 4) is 17.2 Å². The van der Waals surface area contributed by atoms with Crippen molar-refractivity contribution in [2.75, 3.05) is 18.9 Å². The number of hydrogen-bond donors (Lipinski definition) is 0. The van der Waals surface area contributed by atoms with Gasteiger partial charge >= 0.3 is 25.6 Å². The number of aromatic nitrogens is 1. The molecule has 1 aromatic heterocycles. The van der Waals surface area contributed by atoms with E-state index in [0.29, 0.717) is 16.8 Å². The van der Waals surface area contributed by atoms with Crippen molar-refractivity contribution in [3.63, 3.8) is 0 Å². The predicted molar refractivity (Wildman–Crippen MR) is 215 cm³/mol. The van der Waals surface area contributed by atoms with E-state index in [1.165, 1.54) is 33.5 Å². The van der Waals surface area contributed by atoms with Gasteiger partial charge in [0.15, 0.2) is 0 Å². The van der Waals surface area contributed by atoms with Crippen LogP contribution in [0.1, 0.15) is 6.92 Å². The molecule has 7 aromatic rings. The Morgan fingerprint density at radius 2 is 0.980 bits per heavy atom. The Kier molecular flexibility index (Phi) is 17.1. The summed E-state index contributed by atoms with van der Waals surface area (Å²) in [5.41, 5.74) is 1.62. The largest absolute Gasteiger partial charge is 6.00 e. The summed E-state index contributed by atoms with van der Waals surface area (Å²) in [6, 6.07) is 64.1. The maximum absolute atomic E-state index is 5.15. The molecule has 0 spiro atoms. The van der Waals surface area contributed by atoms with E-state index in [2.05, 4.69) is 133 Å². The summed E-state index contributed by atoms with van der Waals surface area (Å²) in [7, 11) is -1.57. The van der Waals surface area contributed by atoms with Crippen LogP contribution in [0.4, 0.5) is 0 Å². The third-order valence-electron chi connectivity index (χ3n) is 7.65. The van der Waals surface area contributed by atoms with E-state index in [4.69, 9.17) is 21.4 Å². The third-order valence-corrected chi connectivity index (χ3v) is 14.1. The molecule has 0 atom stereocenters. The summed E-state index contributed by atoms with van der Waals surface area (Å²) < 4.78 is 10.6. The fourth-order valence-corrected chi connectivity index (χ4v) is 11.7. The van der Waals surface area contributed by atoms with Gasteiger partial charge in [0.05, 0.1) is 43.7 Å². The van der Waals surface area contributed by atoms with E-state index in [-0.39, 0.29) is 25.6 Å². The van der Waals surface area contributed by atoms with Crippen LogP contribution in [-0.4, -0.2) is 23.9 Å². The normalized spacial score (nSPS) is 10.2. The number of nitrogens with zero attached hydrogens (tertiary/aromatic N) is 1. The van der Waals surface area contributed by atoms with Crippen molar-refractivity contribution in [2.45, 2.75) is 6.92 Å². The molecule has 0 radical (unpaired) electrons. The van der Waals surface area contributed by atoms with Gasteiger partial charge in [-0.2, -0.15) is 18.2 Å². The zero-order valence-electron chi connectivity index (χ0n) is 28.0. The fraction of sp³-hybridized carbons (Fsp3) is 0.0930. The standard InChI is InChI=1S/C26H24P2.C12H10NO2S.C5H5.Ru/c1-5-13-23(14-6-1)27(24-15-7-2-8-16-24)21-22-28(25-17-9-3-10-18-25)26-19-11-4-12-20-26;1-2-14-12-13-11(16)10(8-15-12)9-6-4-3-5-7-9;1-2-4-5-3-1;/h1-20H,21-22H2;3-7H,2H2,1H3;1-5H;/q;2*-1;+6/p+2. The molecular formula is C43H41NO2P2RuS+6. The van der Waals surface area contributed by atoms with Crippen molar-refractivity contribution in [2.24, 2.45) is 0 Å². The maximum atomic E-state index is 5.15. The van der Waals surface area contributed by atoms with Crippen LogP contribution in [0.5, 0.6) is 6.08 Å². The third kappa shape index (κ3) is 12.1. The van der Waals surface area contributed by atoms with E-state index in [1.54, 1.807) is 0 Å². The summed E-state index contributed by atoms with van der Waals surface area (Å²) >= 11 is 5.15. The molecule has 7 rings (SSSR count). The Labute approximate surface area is 317 Å². The molecule has 0 amide bonds. The second kappa shape index (κ2) is 22.0. The molecule has 0 fully saturated rings. The Balaban J connectivity index is 0.000000214. The molecule has 6 aromatic carbocycles. The molecule has 0 aliphatic carbocycles. The van der Waals surface area contributed by atoms with Crippen LogP contribution >= 0.6 is 28.1 Å². The van der Waals surface area contributed by atoms with E-state index in [9.17, 15) is 0 Å². The summed E-state index contributed by atoms with van der Waals surface area (Å²) in [6.45, 7) is 2.34. The topological polar surface area (TPSA) is 35.3 Å². The molecule has 7 heteroatoms. The summed E-state index contributed by atoms with van der Waals surface area (Å²) in [5, 5.41) is 6.06. The first kappa shape index (κ1) is 38.8. The van der Waals surface area contributed by atoms with Gasteiger partial charge in [0, 0.05) is 10.9 Å². The van der Waals surface area contributed by atoms with E-state index < -0.39 is 15.8 Å². The molecule has 0 aliphatic rings. The number of benzene rings is 5. The zero-order chi connectivity index (χ0) is 33.9. The second-order valence-corrected chi connectivity index (χ2v) is 16.6. The van der Waals surface area contributed by atoms with Gasteiger partial charge < -0.3 is 9.15 Å². The Hall–Kier alpha value is -3.97. The molecule has 0 bridgehead atoms. The minimum atomic E-state index is -0.783. The molecule has 0 unspecified atom stereocenters. The summed E-state index contributed by atoms with van der Waals surface area (Å²) in [6.07, 6.45) is 5.42. The van der Waals surface area contributed by atoms with Gasteiger partial charge in [-0.05, 0) is 55.5 Å². The molecule has 0 saturated carbocycles. The smallest absolute Gasteiger partial charge is 0.508 e. The molecule has 0 saturated heterocycles. The van der Waals surface area contributed by atoms with Crippen molar-refractivity contribution in [3.05, 3.63) is 193 Å². The number of rotatable bonds is 10. The average molecular weight is 799 g/mol. The Bertz CT molecular complexity index is 1770. The zero-order valence-corrected chi connectivity index (χ0v) is 32.5. The van der Waals surface area contributed by atoms with Crippen LogP contribution in [0.2, 0.25) is 0 Å². The van der Waals surface area contributed by atoms with Crippen LogP contribution in [0.25, 0.3) is 11.1 Å². The van der Waals surface area contributed by atoms with Crippen molar-refractivity contribution in [1.29, 1.82) is 0 Å². The first-order valence-corrected chi connectivity index (χ1v) is 20.3. The summed E-state index contributed by atoms with van der Waals surface area (Å²) in [4.78, 5) is 4.03. The van der Waals surface area contributed by atoms with Crippen LogP contribution in [-0.2, 0) is 19.5 Å². The number of hydrogen-bond acceptors (Lipinski definition) is 4. The van der Waals surface area contributed by atoms with Gasteiger partial charge in [-0.15, -0.1) is 12.2 Å². The molecule has 0 aliphatic heterocycles. The first-order valence-electron chi connectivity index (χ1n) is 16.4. The summed E-state index contributed by atoms with van der Waals surface area (Å²) in [5.74, 6) is 0.